The van der Waals surface area contributed by atoms with E-state index in [0.717, 1.165) is 11.1 Å². The van der Waals surface area contributed by atoms with Gasteiger partial charge in [0.05, 0.1) is 5.70 Å². The molecule has 0 aliphatic carbocycles. The van der Waals surface area contributed by atoms with E-state index < -0.39 is 12.1 Å². The van der Waals surface area contributed by atoms with E-state index >= 15 is 0 Å². The second-order valence-electron chi connectivity index (χ2n) is 5.52. The van der Waals surface area contributed by atoms with Gasteiger partial charge in [-0.05, 0) is 42.0 Å². The molecule has 25 heavy (non-hydrogen) atoms. The maximum Gasteiger partial charge on any atom is 0.248 e. The average Bonchev–Trinajstić information content (AvgIpc) is 2.61. The fourth-order valence-corrected chi connectivity index (χ4v) is 2.81. The Morgan fingerprint density at radius 2 is 2.08 bits per heavy atom. The lowest BCUT2D eigenvalue weighted by atomic mass is 10.0. The predicted octanol–water partition coefficient (Wildman–Crippen LogP) is 2.56. The molecule has 1 aliphatic heterocycles. The van der Waals surface area contributed by atoms with Crippen molar-refractivity contribution in [3.8, 4) is 0 Å². The Morgan fingerprint density at radius 3 is 2.76 bits per heavy atom. The van der Waals surface area contributed by atoms with Gasteiger partial charge in [-0.25, -0.2) is 4.39 Å². The van der Waals surface area contributed by atoms with Crippen molar-refractivity contribution in [3.05, 3.63) is 83.5 Å². The van der Waals surface area contributed by atoms with Crippen LogP contribution in [0.1, 0.15) is 11.1 Å². The maximum atomic E-state index is 13.3. The number of halogens is 2. The molecule has 1 amide bonds. The second-order valence-corrected chi connectivity index (χ2v) is 5.88. The van der Waals surface area contributed by atoms with E-state index in [1.165, 1.54) is 16.6 Å². The Bertz CT molecular complexity index is 838. The molecular formula is C18H16ClFN4O. The lowest BCUT2D eigenvalue weighted by Gasteiger charge is -2.31. The largest absolute Gasteiger partial charge is 0.366 e. The van der Waals surface area contributed by atoms with Crippen LogP contribution in [0.4, 0.5) is 4.39 Å². The third-order valence-electron chi connectivity index (χ3n) is 3.77. The summed E-state index contributed by atoms with van der Waals surface area (Å²) in [6, 6.07) is 9.83. The number of aromatic nitrogens is 1. The van der Waals surface area contributed by atoms with Gasteiger partial charge in [-0.1, -0.05) is 12.1 Å². The third-order valence-corrected chi connectivity index (χ3v) is 4.16. The van der Waals surface area contributed by atoms with E-state index in [4.69, 9.17) is 17.5 Å². The van der Waals surface area contributed by atoms with Crippen molar-refractivity contribution >= 4 is 23.4 Å². The van der Waals surface area contributed by atoms with Gasteiger partial charge in [0, 0.05) is 41.9 Å². The van der Waals surface area contributed by atoms with Crippen molar-refractivity contribution in [2.75, 3.05) is 0 Å². The average molecular weight is 359 g/mol. The van der Waals surface area contributed by atoms with Crippen LogP contribution >= 0.6 is 11.8 Å². The van der Waals surface area contributed by atoms with Crippen molar-refractivity contribution in [1.29, 1.82) is 0 Å². The minimum atomic E-state index is -0.547. The topological polar surface area (TPSA) is 71.2 Å². The molecule has 1 atom stereocenters. The van der Waals surface area contributed by atoms with E-state index in [1.54, 1.807) is 48.8 Å². The zero-order valence-electron chi connectivity index (χ0n) is 13.2. The Hall–Kier alpha value is -2.70. The van der Waals surface area contributed by atoms with Gasteiger partial charge in [0.1, 0.15) is 12.0 Å². The summed E-state index contributed by atoms with van der Waals surface area (Å²) in [6.07, 6.45) is 6.06. The lowest BCUT2D eigenvalue weighted by molar-refractivity contribution is -0.114. The number of carbonyl (C=O) groups excluding carboxylic acids is 1. The molecule has 2 heterocycles. The first-order valence-corrected chi connectivity index (χ1v) is 7.95. The number of hydrogen-bond acceptors (Lipinski definition) is 4. The summed E-state index contributed by atoms with van der Waals surface area (Å²) in [6.45, 7) is 0.373. The first-order chi connectivity index (χ1) is 12.0. The fourth-order valence-electron chi connectivity index (χ4n) is 2.53. The van der Waals surface area contributed by atoms with Crippen LogP contribution in [0.5, 0.6) is 0 Å². The van der Waals surface area contributed by atoms with Gasteiger partial charge >= 0.3 is 0 Å². The monoisotopic (exact) mass is 358 g/mol. The number of pyridine rings is 1. The van der Waals surface area contributed by atoms with Gasteiger partial charge in [0.25, 0.3) is 0 Å². The molecule has 1 aromatic heterocycles. The van der Waals surface area contributed by atoms with Gasteiger partial charge in [-0.15, -0.1) is 0 Å². The molecular weight excluding hydrogens is 343 g/mol. The Labute approximate surface area is 149 Å². The number of amides is 1. The highest BCUT2D eigenvalue weighted by Gasteiger charge is 2.25. The second kappa shape index (κ2) is 7.46. The fraction of sp³-hybridized carbons (Fsp3) is 0.111. The molecule has 128 valence electrons. The maximum absolute atomic E-state index is 13.3. The van der Waals surface area contributed by atoms with Crippen molar-refractivity contribution in [2.45, 2.75) is 12.7 Å². The SMILES string of the molecule is NC(=O)C1=CC(NCc2cccc(F)c2)N(Cl)C(c2ccncc2)=C1. The van der Waals surface area contributed by atoms with Crippen LogP contribution < -0.4 is 11.1 Å². The zero-order chi connectivity index (χ0) is 17.8. The summed E-state index contributed by atoms with van der Waals surface area (Å²) in [4.78, 5) is 15.6. The summed E-state index contributed by atoms with van der Waals surface area (Å²) in [5.74, 6) is -0.856. The molecule has 3 rings (SSSR count). The first-order valence-electron chi connectivity index (χ1n) is 7.61. The van der Waals surface area contributed by atoms with E-state index in [9.17, 15) is 9.18 Å². The molecule has 0 saturated heterocycles. The standard InChI is InChI=1S/C18H16ClFN4O/c19-24-16(13-4-6-22-7-5-13)9-14(18(21)25)10-17(24)23-11-12-2-1-3-15(20)8-12/h1-10,17,23H,11H2,(H2,21,25). The zero-order valence-corrected chi connectivity index (χ0v) is 13.9. The highest BCUT2D eigenvalue weighted by atomic mass is 35.5. The number of hydrogen-bond donors (Lipinski definition) is 2. The summed E-state index contributed by atoms with van der Waals surface area (Å²) in [5.41, 5.74) is 7.97. The Morgan fingerprint density at radius 1 is 1.32 bits per heavy atom. The molecule has 1 aromatic carbocycles. The molecule has 0 radical (unpaired) electrons. The smallest absolute Gasteiger partial charge is 0.248 e. The molecule has 7 heteroatoms. The number of rotatable bonds is 5. The minimum absolute atomic E-state index is 0.309. The number of nitrogens with one attached hydrogen (secondary N) is 1. The Balaban J connectivity index is 1.84. The van der Waals surface area contributed by atoms with Gasteiger partial charge < -0.3 is 5.73 Å². The van der Waals surface area contributed by atoms with Crippen LogP contribution in [0.2, 0.25) is 0 Å². The van der Waals surface area contributed by atoms with E-state index in [1.807, 2.05) is 0 Å². The van der Waals surface area contributed by atoms with E-state index in [-0.39, 0.29) is 5.82 Å². The highest BCUT2D eigenvalue weighted by Crippen LogP contribution is 2.29. The van der Waals surface area contributed by atoms with E-state index in [0.29, 0.717) is 17.8 Å². The third kappa shape index (κ3) is 4.04. The minimum Gasteiger partial charge on any atom is -0.366 e. The lowest BCUT2D eigenvalue weighted by Crippen LogP contribution is -2.40. The molecule has 1 aliphatic rings. The number of benzene rings is 1. The van der Waals surface area contributed by atoms with Crippen LogP contribution in [0.25, 0.3) is 5.70 Å². The van der Waals surface area contributed by atoms with Crippen LogP contribution in [0.3, 0.4) is 0 Å². The molecule has 0 bridgehead atoms. The molecule has 5 nitrogen and oxygen atoms in total. The van der Waals surface area contributed by atoms with Crippen LogP contribution in [0, 0.1) is 5.82 Å². The Kier molecular flexibility index (Phi) is 5.11. The normalized spacial score (nSPS) is 17.0. The predicted molar refractivity (Wildman–Crippen MR) is 94.2 cm³/mol. The number of primary amides is 1. The van der Waals surface area contributed by atoms with Crippen molar-refractivity contribution < 1.29 is 9.18 Å². The first kappa shape index (κ1) is 17.1. The summed E-state index contributed by atoms with van der Waals surface area (Å²) < 4.78 is 14.8. The highest BCUT2D eigenvalue weighted by molar-refractivity contribution is 6.18. The van der Waals surface area contributed by atoms with Crippen molar-refractivity contribution in [2.24, 2.45) is 5.73 Å². The van der Waals surface area contributed by atoms with Gasteiger partial charge in [-0.3, -0.25) is 19.5 Å². The molecule has 0 fully saturated rings. The number of carbonyl (C=O) groups is 1. The summed E-state index contributed by atoms with van der Waals surface area (Å²) in [7, 11) is 0. The van der Waals surface area contributed by atoms with E-state index in [2.05, 4.69) is 10.3 Å². The van der Waals surface area contributed by atoms with Crippen LogP contribution in [-0.4, -0.2) is 21.5 Å². The quantitative estimate of drug-likeness (QED) is 0.806. The molecule has 3 N–H and O–H groups in total. The number of nitrogens with two attached hydrogens (primary N) is 1. The van der Waals surface area contributed by atoms with Gasteiger partial charge in [0.2, 0.25) is 5.91 Å². The van der Waals surface area contributed by atoms with Gasteiger partial charge in [-0.2, -0.15) is 0 Å². The van der Waals surface area contributed by atoms with Crippen molar-refractivity contribution in [1.82, 2.24) is 14.7 Å². The summed E-state index contributed by atoms with van der Waals surface area (Å²) >= 11 is 6.46. The van der Waals surface area contributed by atoms with Crippen LogP contribution in [-0.2, 0) is 11.3 Å². The summed E-state index contributed by atoms with van der Waals surface area (Å²) in [5, 5.41) is 3.19. The molecule has 1 unspecified atom stereocenters. The number of nitrogens with zero attached hydrogens (tertiary/aromatic N) is 2. The molecule has 2 aromatic rings. The molecule has 0 saturated carbocycles. The van der Waals surface area contributed by atoms with Crippen molar-refractivity contribution in [3.63, 3.8) is 0 Å². The van der Waals surface area contributed by atoms with Crippen LogP contribution in [0.15, 0.2) is 66.5 Å². The molecule has 0 spiro atoms. The van der Waals surface area contributed by atoms with Gasteiger partial charge in [0.15, 0.2) is 0 Å².